The third-order valence-electron chi connectivity index (χ3n) is 4.93. The zero-order valence-electron chi connectivity index (χ0n) is 15.0. The number of rotatable bonds is 3. The predicted octanol–water partition coefficient (Wildman–Crippen LogP) is 3.27. The number of nitrogens with one attached hydrogen (secondary N) is 1. The first-order valence-electron chi connectivity index (χ1n) is 9.15. The number of amides is 1. The van der Waals surface area contributed by atoms with Crippen LogP contribution in [0.5, 0.6) is 0 Å². The number of fused-ring (bicyclic) bond motifs is 2. The molecule has 3 heterocycles. The second-order valence-corrected chi connectivity index (χ2v) is 7.80. The van der Waals surface area contributed by atoms with Gasteiger partial charge in [0.05, 0.1) is 5.69 Å². The van der Waals surface area contributed by atoms with E-state index >= 15 is 0 Å². The number of carbonyl (C=O) groups excluding carboxylic acids is 1. The van der Waals surface area contributed by atoms with E-state index in [1.54, 1.807) is 10.9 Å². The second kappa shape index (κ2) is 6.72. The van der Waals surface area contributed by atoms with Gasteiger partial charge in [0, 0.05) is 23.2 Å². The van der Waals surface area contributed by atoms with Crippen molar-refractivity contribution in [1.82, 2.24) is 10.3 Å². The first kappa shape index (κ1) is 16.9. The zero-order valence-corrected chi connectivity index (χ0v) is 15.8. The number of aromatic nitrogens is 3. The summed E-state index contributed by atoms with van der Waals surface area (Å²) in [6, 6.07) is 11.6. The van der Waals surface area contributed by atoms with E-state index in [-0.39, 0.29) is 11.8 Å². The van der Waals surface area contributed by atoms with Gasteiger partial charge in [-0.2, -0.15) is 0 Å². The molecule has 0 saturated heterocycles. The van der Waals surface area contributed by atoms with Crippen LogP contribution >= 0.6 is 11.3 Å². The Kier molecular flexibility index (Phi) is 4.05. The first-order chi connectivity index (χ1) is 13.7. The third-order valence-corrected chi connectivity index (χ3v) is 6.04. The van der Waals surface area contributed by atoms with Crippen LogP contribution in [0.15, 0.2) is 47.1 Å². The van der Waals surface area contributed by atoms with Crippen LogP contribution in [0, 0.1) is 0 Å². The molecule has 0 radical (unpaired) electrons. The highest BCUT2D eigenvalue weighted by Gasteiger charge is 2.23. The number of anilines is 2. The first-order valence-corrected chi connectivity index (χ1v) is 9.97. The lowest BCUT2D eigenvalue weighted by atomic mass is 9.95. The lowest BCUT2D eigenvalue weighted by molar-refractivity contribution is -0.670. The summed E-state index contributed by atoms with van der Waals surface area (Å²) in [7, 11) is 0. The number of carbonyl (C=O) groups is 1. The van der Waals surface area contributed by atoms with Crippen LogP contribution < -0.4 is 15.7 Å². The molecule has 3 N–H and O–H groups in total. The van der Waals surface area contributed by atoms with Crippen molar-refractivity contribution < 1.29 is 14.0 Å². The molecule has 0 spiro atoms. The van der Waals surface area contributed by atoms with Crippen LogP contribution in [0.3, 0.4) is 0 Å². The molecule has 4 aromatic rings. The molecule has 5 rings (SSSR count). The van der Waals surface area contributed by atoms with Crippen LogP contribution in [-0.2, 0) is 12.8 Å². The normalized spacial score (nSPS) is 13.4. The Morgan fingerprint density at radius 2 is 2.04 bits per heavy atom. The van der Waals surface area contributed by atoms with Gasteiger partial charge in [-0.3, -0.25) is 14.6 Å². The Hall–Kier alpha value is -3.26. The number of benzene rings is 1. The topological polar surface area (TPSA) is 97.9 Å². The monoisotopic (exact) mass is 392 g/mol. The predicted molar refractivity (Wildman–Crippen MR) is 107 cm³/mol. The van der Waals surface area contributed by atoms with Crippen LogP contribution in [0.1, 0.15) is 33.8 Å². The fraction of sp³-hybridized carbons (Fsp3) is 0.200. The number of nitrogens with two attached hydrogens (primary N) is 1. The molecule has 1 amide bonds. The number of aryl methyl sites for hydroxylation is 2. The van der Waals surface area contributed by atoms with E-state index in [2.05, 4.69) is 16.7 Å². The van der Waals surface area contributed by atoms with Gasteiger partial charge >= 0.3 is 5.88 Å². The highest BCUT2D eigenvalue weighted by Crippen LogP contribution is 2.35. The van der Waals surface area contributed by atoms with Crippen molar-refractivity contribution in [1.29, 1.82) is 0 Å². The SMILES string of the molecule is Nc1c(C(=O)Nc2c[n+](-c3ccccc3)no2)sc2nc3c(cc12)CCCC3. The molecule has 1 aliphatic carbocycles. The van der Waals surface area contributed by atoms with Gasteiger partial charge < -0.3 is 5.73 Å². The van der Waals surface area contributed by atoms with E-state index in [1.165, 1.54) is 23.3 Å². The maximum atomic E-state index is 12.8. The van der Waals surface area contributed by atoms with Crippen LogP contribution in [0.4, 0.5) is 11.6 Å². The number of hydrogen-bond donors (Lipinski definition) is 2. The molecular formula is C20H18N5O2S+. The molecule has 1 aromatic carbocycles. The summed E-state index contributed by atoms with van der Waals surface area (Å²) >= 11 is 1.31. The van der Waals surface area contributed by atoms with Gasteiger partial charge in [-0.1, -0.05) is 18.2 Å². The van der Waals surface area contributed by atoms with Crippen molar-refractivity contribution in [3.8, 4) is 5.69 Å². The van der Waals surface area contributed by atoms with Gasteiger partial charge in [0.1, 0.15) is 9.71 Å². The van der Waals surface area contributed by atoms with Crippen LogP contribution in [-0.4, -0.2) is 16.2 Å². The minimum absolute atomic E-state index is 0.248. The molecule has 28 heavy (non-hydrogen) atoms. The molecule has 140 valence electrons. The van der Waals surface area contributed by atoms with Crippen LogP contribution in [0.2, 0.25) is 0 Å². The van der Waals surface area contributed by atoms with Crippen molar-refractivity contribution in [3.63, 3.8) is 0 Å². The minimum atomic E-state index is -0.324. The fourth-order valence-corrected chi connectivity index (χ4v) is 4.49. The lowest BCUT2D eigenvalue weighted by Crippen LogP contribution is -2.31. The maximum absolute atomic E-state index is 12.8. The van der Waals surface area contributed by atoms with E-state index < -0.39 is 0 Å². The number of nitrogen functional groups attached to an aromatic ring is 1. The second-order valence-electron chi connectivity index (χ2n) is 6.80. The Labute approximate surface area is 164 Å². The molecule has 7 nitrogen and oxygen atoms in total. The average Bonchev–Trinajstić information content (AvgIpc) is 3.32. The van der Waals surface area contributed by atoms with Crippen molar-refractivity contribution in [2.45, 2.75) is 25.7 Å². The summed E-state index contributed by atoms with van der Waals surface area (Å²) in [5.74, 6) is -0.0761. The molecule has 0 unspecified atom stereocenters. The number of para-hydroxylation sites is 1. The Morgan fingerprint density at radius 1 is 1.21 bits per heavy atom. The molecule has 0 saturated carbocycles. The molecule has 3 aromatic heterocycles. The van der Waals surface area contributed by atoms with E-state index in [9.17, 15) is 4.79 Å². The van der Waals surface area contributed by atoms with Gasteiger partial charge in [-0.15, -0.1) is 11.3 Å². The van der Waals surface area contributed by atoms with Crippen molar-refractivity contribution >= 4 is 39.0 Å². The van der Waals surface area contributed by atoms with Crippen molar-refractivity contribution in [3.05, 3.63) is 58.7 Å². The van der Waals surface area contributed by atoms with E-state index in [0.29, 0.717) is 10.6 Å². The van der Waals surface area contributed by atoms with E-state index in [4.69, 9.17) is 15.2 Å². The fourth-order valence-electron chi connectivity index (χ4n) is 3.50. The Balaban J connectivity index is 1.43. The average molecular weight is 392 g/mol. The van der Waals surface area contributed by atoms with Crippen LogP contribution in [0.25, 0.3) is 15.9 Å². The van der Waals surface area contributed by atoms with Crippen molar-refractivity contribution in [2.24, 2.45) is 0 Å². The van der Waals surface area contributed by atoms with E-state index in [1.807, 2.05) is 30.3 Å². The molecule has 0 aliphatic heterocycles. The van der Waals surface area contributed by atoms with Gasteiger partial charge in [-0.05, 0) is 42.0 Å². The lowest BCUT2D eigenvalue weighted by Gasteiger charge is -2.14. The largest absolute Gasteiger partial charge is 0.397 e. The number of thiophene rings is 1. The highest BCUT2D eigenvalue weighted by molar-refractivity contribution is 7.21. The van der Waals surface area contributed by atoms with Gasteiger partial charge in [0.25, 0.3) is 12.1 Å². The third kappa shape index (κ3) is 2.91. The molecule has 8 heteroatoms. The summed E-state index contributed by atoms with van der Waals surface area (Å²) in [4.78, 5) is 18.8. The van der Waals surface area contributed by atoms with Gasteiger partial charge in [0.2, 0.25) is 11.0 Å². The molecule has 0 bridgehead atoms. The summed E-state index contributed by atoms with van der Waals surface area (Å²) in [6.07, 6.45) is 5.96. The summed E-state index contributed by atoms with van der Waals surface area (Å²) < 4.78 is 6.79. The van der Waals surface area contributed by atoms with Gasteiger partial charge in [0.15, 0.2) is 0 Å². The standard InChI is InChI=1S/C20H17N5O2S/c21-17-14-10-12-6-4-5-9-15(12)22-20(14)28-18(17)19(26)23-16-11-25(24-27-16)13-7-2-1-3-8-13/h1-3,7-8,10-11H,4-6,9H2,(H2-,21,23,24,26)/p+1. The summed E-state index contributed by atoms with van der Waals surface area (Å²) in [5, 5.41) is 7.53. The zero-order chi connectivity index (χ0) is 19.1. The summed E-state index contributed by atoms with van der Waals surface area (Å²) in [5.41, 5.74) is 9.96. The van der Waals surface area contributed by atoms with Gasteiger partial charge in [-0.25, -0.2) is 4.98 Å². The maximum Gasteiger partial charge on any atom is 0.303 e. The quantitative estimate of drug-likeness (QED) is 0.522. The molecule has 0 atom stereocenters. The number of hydrogen-bond acceptors (Lipinski definition) is 6. The highest BCUT2D eigenvalue weighted by atomic mass is 32.1. The Morgan fingerprint density at radius 3 is 2.89 bits per heavy atom. The number of nitrogens with zero attached hydrogens (tertiary/aromatic N) is 3. The van der Waals surface area contributed by atoms with Crippen molar-refractivity contribution in [2.75, 3.05) is 11.1 Å². The Bertz CT molecular complexity index is 1180. The molecular weight excluding hydrogens is 374 g/mol. The number of pyridine rings is 1. The van der Waals surface area contributed by atoms with E-state index in [0.717, 1.165) is 40.9 Å². The smallest absolute Gasteiger partial charge is 0.303 e. The summed E-state index contributed by atoms with van der Waals surface area (Å²) in [6.45, 7) is 0. The molecule has 1 aliphatic rings. The minimum Gasteiger partial charge on any atom is -0.397 e. The molecule has 0 fully saturated rings.